The minimum atomic E-state index is -0.298. The van der Waals surface area contributed by atoms with E-state index in [1.165, 1.54) is 18.4 Å². The summed E-state index contributed by atoms with van der Waals surface area (Å²) in [6.07, 6.45) is 13.9. The number of hydrogen-bond acceptors (Lipinski definition) is 7. The van der Waals surface area contributed by atoms with Gasteiger partial charge in [-0.15, -0.1) is 0 Å². The Kier molecular flexibility index (Phi) is 6.04. The number of amides is 1. The fraction of sp³-hybridized carbons (Fsp3) is 0.321. The Hall–Kier alpha value is -4.27. The predicted octanol–water partition coefficient (Wildman–Crippen LogP) is 4.61. The number of nitrogen functional groups attached to an aromatic ring is 1. The lowest BCUT2D eigenvalue weighted by molar-refractivity contribution is 0.102. The van der Waals surface area contributed by atoms with Crippen molar-refractivity contribution in [3.05, 3.63) is 78.1 Å². The van der Waals surface area contributed by atoms with Crippen LogP contribution in [0.5, 0.6) is 0 Å². The van der Waals surface area contributed by atoms with Crippen LogP contribution in [0.3, 0.4) is 0 Å². The van der Waals surface area contributed by atoms with Crippen LogP contribution in [0.4, 0.5) is 11.8 Å². The van der Waals surface area contributed by atoms with Crippen LogP contribution in [-0.2, 0) is 0 Å². The number of fused-ring (bicyclic) bond motifs is 1. The number of nitrogens with zero attached hydrogens (tertiary/aromatic N) is 6. The number of hydrogen-bond donors (Lipinski definition) is 2. The third-order valence-electron chi connectivity index (χ3n) is 7.14. The molecule has 1 unspecified atom stereocenters. The van der Waals surface area contributed by atoms with E-state index < -0.39 is 0 Å². The maximum absolute atomic E-state index is 12.8. The highest BCUT2D eigenvalue weighted by molar-refractivity contribution is 6.02. The van der Waals surface area contributed by atoms with Crippen LogP contribution in [-0.4, -0.2) is 48.2 Å². The number of carbonyl (C=O) groups excluding carboxylic acids is 1. The van der Waals surface area contributed by atoms with Gasteiger partial charge < -0.3 is 16.0 Å². The number of piperidine rings is 1. The lowest BCUT2D eigenvalue weighted by Gasteiger charge is -2.31. The molecule has 6 rings (SSSR count). The maximum atomic E-state index is 12.8. The van der Waals surface area contributed by atoms with Gasteiger partial charge in [0, 0.05) is 43.2 Å². The molecule has 4 aromatic rings. The minimum absolute atomic E-state index is 0.285. The average Bonchev–Trinajstić information content (AvgIpc) is 3.70. The van der Waals surface area contributed by atoms with Gasteiger partial charge in [-0.2, -0.15) is 0 Å². The number of imidazole rings is 1. The molecule has 9 nitrogen and oxygen atoms in total. The summed E-state index contributed by atoms with van der Waals surface area (Å²) in [7, 11) is 0. The molecule has 0 aromatic carbocycles. The first-order chi connectivity index (χ1) is 18.1. The fourth-order valence-corrected chi connectivity index (χ4v) is 5.18. The summed E-state index contributed by atoms with van der Waals surface area (Å²) in [5.41, 5.74) is 10.6. The zero-order valence-electron chi connectivity index (χ0n) is 20.8. The van der Waals surface area contributed by atoms with Crippen LogP contribution in [0.25, 0.3) is 16.9 Å². The van der Waals surface area contributed by atoms with Gasteiger partial charge in [-0.05, 0) is 80.6 Å². The molecule has 4 aromatic heterocycles. The molecular weight excluding hydrogens is 464 g/mol. The van der Waals surface area contributed by atoms with E-state index in [9.17, 15) is 4.79 Å². The van der Waals surface area contributed by atoms with Gasteiger partial charge in [0.25, 0.3) is 5.91 Å². The molecule has 1 saturated heterocycles. The van der Waals surface area contributed by atoms with Crippen LogP contribution >= 0.6 is 0 Å². The summed E-state index contributed by atoms with van der Waals surface area (Å²) in [5, 5.41) is 2.87. The summed E-state index contributed by atoms with van der Waals surface area (Å²) in [5.74, 6) is 2.17. The van der Waals surface area contributed by atoms with Gasteiger partial charge in [0.15, 0.2) is 0 Å². The van der Waals surface area contributed by atoms with Gasteiger partial charge in [-0.25, -0.2) is 15.0 Å². The summed E-state index contributed by atoms with van der Waals surface area (Å²) >= 11 is 0. The first-order valence-electron chi connectivity index (χ1n) is 12.8. The quantitative estimate of drug-likeness (QED) is 0.402. The molecule has 1 atom stereocenters. The van der Waals surface area contributed by atoms with Crippen molar-refractivity contribution in [2.24, 2.45) is 0 Å². The van der Waals surface area contributed by atoms with Gasteiger partial charge in [0.2, 0.25) is 5.95 Å². The summed E-state index contributed by atoms with van der Waals surface area (Å²) in [4.78, 5) is 33.3. The standard InChI is InChI=1S/C28H30N8O/c1-2-13-35-14-3-4-21(17-35)25-23-10-12-31-28(29)36(23)26(34-25)20-7-8-22(32-16-20)27(37)33-24-15-19(9-11-30-24)18-5-6-18/h2,7-13,15-16,18,21H,3-6,14,17H2,1H3,(H2,29,31)(H,30,33,37). The molecule has 37 heavy (non-hydrogen) atoms. The van der Waals surface area contributed by atoms with E-state index in [-0.39, 0.29) is 11.8 Å². The number of anilines is 2. The average molecular weight is 495 g/mol. The molecule has 5 heterocycles. The zero-order valence-corrected chi connectivity index (χ0v) is 20.8. The Labute approximate surface area is 215 Å². The highest BCUT2D eigenvalue weighted by Crippen LogP contribution is 2.40. The molecule has 0 radical (unpaired) electrons. The van der Waals surface area contributed by atoms with Gasteiger partial charge >= 0.3 is 0 Å². The molecular formula is C28H30N8O. The van der Waals surface area contributed by atoms with E-state index in [0.717, 1.165) is 42.7 Å². The van der Waals surface area contributed by atoms with E-state index in [1.54, 1.807) is 24.7 Å². The second-order valence-electron chi connectivity index (χ2n) is 9.80. The number of allylic oxidation sites excluding steroid dienone is 1. The molecule has 3 N–H and O–H groups in total. The largest absolute Gasteiger partial charge is 0.377 e. The Morgan fingerprint density at radius 3 is 2.73 bits per heavy atom. The molecule has 0 bridgehead atoms. The van der Waals surface area contributed by atoms with Gasteiger partial charge in [-0.1, -0.05) is 6.08 Å². The topological polar surface area (TPSA) is 114 Å². The van der Waals surface area contributed by atoms with E-state index in [2.05, 4.69) is 37.4 Å². The summed E-state index contributed by atoms with van der Waals surface area (Å²) < 4.78 is 1.88. The lowest BCUT2D eigenvalue weighted by atomic mass is 9.94. The fourth-order valence-electron chi connectivity index (χ4n) is 5.18. The van der Waals surface area contributed by atoms with Crippen molar-refractivity contribution in [2.75, 3.05) is 24.1 Å². The number of likely N-dealkylation sites (tertiary alicyclic amines) is 1. The maximum Gasteiger partial charge on any atom is 0.275 e. The van der Waals surface area contributed by atoms with E-state index >= 15 is 0 Å². The minimum Gasteiger partial charge on any atom is -0.377 e. The molecule has 1 amide bonds. The van der Waals surface area contributed by atoms with Crippen molar-refractivity contribution in [1.82, 2.24) is 29.2 Å². The number of carbonyl (C=O) groups is 1. The van der Waals surface area contributed by atoms with E-state index in [1.807, 2.05) is 35.6 Å². The van der Waals surface area contributed by atoms with Crippen molar-refractivity contribution in [3.63, 3.8) is 0 Å². The number of aromatic nitrogens is 5. The van der Waals surface area contributed by atoms with E-state index in [4.69, 9.17) is 10.7 Å². The van der Waals surface area contributed by atoms with Crippen LogP contribution in [0.15, 0.2) is 61.2 Å². The third kappa shape index (κ3) is 4.64. The Morgan fingerprint density at radius 2 is 1.95 bits per heavy atom. The molecule has 2 fully saturated rings. The van der Waals surface area contributed by atoms with Crippen LogP contribution < -0.4 is 11.1 Å². The molecule has 9 heteroatoms. The molecule has 0 spiro atoms. The van der Waals surface area contributed by atoms with E-state index in [0.29, 0.717) is 29.2 Å². The zero-order chi connectivity index (χ0) is 25.4. The smallest absolute Gasteiger partial charge is 0.275 e. The monoisotopic (exact) mass is 494 g/mol. The summed E-state index contributed by atoms with van der Waals surface area (Å²) in [6, 6.07) is 9.48. The summed E-state index contributed by atoms with van der Waals surface area (Å²) in [6.45, 7) is 4.00. The first-order valence-corrected chi connectivity index (χ1v) is 12.8. The van der Waals surface area contributed by atoms with Crippen LogP contribution in [0.1, 0.15) is 66.2 Å². The predicted molar refractivity (Wildman–Crippen MR) is 143 cm³/mol. The Balaban J connectivity index is 1.28. The highest BCUT2D eigenvalue weighted by Gasteiger charge is 2.27. The molecule has 1 aliphatic carbocycles. The number of nitrogens with two attached hydrogens (primary N) is 1. The number of rotatable bonds is 6. The number of nitrogens with one attached hydrogen (secondary N) is 1. The van der Waals surface area contributed by atoms with Gasteiger partial charge in [0.1, 0.15) is 17.3 Å². The molecule has 2 aliphatic rings. The molecule has 188 valence electrons. The van der Waals surface area contributed by atoms with Gasteiger partial charge in [0.05, 0.1) is 11.2 Å². The Bertz CT molecular complexity index is 1470. The van der Waals surface area contributed by atoms with Crippen molar-refractivity contribution in [2.45, 2.75) is 44.4 Å². The highest BCUT2D eigenvalue weighted by atomic mass is 16.1. The molecule has 1 saturated carbocycles. The SMILES string of the molecule is CC=CN1CCCC(c2nc(-c3ccc(C(=O)Nc4cc(C5CC5)ccn4)nc3)n3c(N)nccc23)C1. The van der Waals surface area contributed by atoms with Crippen molar-refractivity contribution in [1.29, 1.82) is 0 Å². The van der Waals surface area contributed by atoms with Crippen molar-refractivity contribution < 1.29 is 4.79 Å². The molecule has 1 aliphatic heterocycles. The Morgan fingerprint density at radius 1 is 1.08 bits per heavy atom. The van der Waals surface area contributed by atoms with Gasteiger partial charge in [-0.3, -0.25) is 14.2 Å². The second kappa shape index (κ2) is 9.65. The normalized spacial score (nSPS) is 18.0. The second-order valence-corrected chi connectivity index (χ2v) is 9.80. The van der Waals surface area contributed by atoms with Crippen LogP contribution in [0, 0.1) is 0 Å². The van der Waals surface area contributed by atoms with Crippen molar-refractivity contribution in [3.8, 4) is 11.4 Å². The van der Waals surface area contributed by atoms with Crippen LogP contribution in [0.2, 0.25) is 0 Å². The number of pyridine rings is 2. The van der Waals surface area contributed by atoms with Crippen molar-refractivity contribution >= 4 is 23.2 Å². The first kappa shape index (κ1) is 23.1. The lowest BCUT2D eigenvalue weighted by Crippen LogP contribution is -2.30. The third-order valence-corrected chi connectivity index (χ3v) is 7.14.